The van der Waals surface area contributed by atoms with Crippen molar-refractivity contribution in [3.63, 3.8) is 0 Å². The fourth-order valence-electron chi connectivity index (χ4n) is 1.40. The van der Waals surface area contributed by atoms with E-state index in [4.69, 9.17) is 5.26 Å². The largest absolute Gasteiger partial charge is 0.192 e. The van der Waals surface area contributed by atoms with Crippen LogP contribution < -0.4 is 0 Å². The number of thiophene rings is 1. The molecule has 0 unspecified atom stereocenters. The molecule has 1 heterocycles. The Kier molecular flexibility index (Phi) is 2.98. The Morgan fingerprint density at radius 2 is 1.60 bits per heavy atom. The summed E-state index contributed by atoms with van der Waals surface area (Å²) in [7, 11) is 0. The molecule has 0 saturated heterocycles. The Morgan fingerprint density at radius 1 is 1.07 bits per heavy atom. The molecule has 1 nitrogen and oxygen atoms in total. The molecular weight excluding hydrogens is 202 g/mol. The van der Waals surface area contributed by atoms with Gasteiger partial charge in [0, 0.05) is 4.88 Å². The maximum Gasteiger partial charge on any atom is 0.110 e. The van der Waals surface area contributed by atoms with Gasteiger partial charge >= 0.3 is 0 Å². The molecule has 1 aromatic heterocycles. The third-order valence-corrected chi connectivity index (χ3v) is 3.85. The monoisotopic (exact) mass is 221 g/mol. The van der Waals surface area contributed by atoms with Gasteiger partial charge in [-0.1, -0.05) is 41.5 Å². The normalized spacial score (nSPS) is 12.6. The first-order chi connectivity index (χ1) is 6.66. The van der Waals surface area contributed by atoms with Gasteiger partial charge in [0.25, 0.3) is 0 Å². The van der Waals surface area contributed by atoms with Gasteiger partial charge in [0.2, 0.25) is 0 Å². The van der Waals surface area contributed by atoms with Crippen LogP contribution in [0.3, 0.4) is 0 Å². The predicted octanol–water partition coefficient (Wildman–Crippen LogP) is 4.21. The molecular formula is C13H19NS. The lowest BCUT2D eigenvalue weighted by Crippen LogP contribution is -2.12. The van der Waals surface area contributed by atoms with Crippen LogP contribution in [0.5, 0.6) is 0 Å². The molecule has 1 aromatic rings. The highest BCUT2D eigenvalue weighted by Crippen LogP contribution is 2.37. The van der Waals surface area contributed by atoms with E-state index in [1.165, 1.54) is 10.4 Å². The maximum absolute atomic E-state index is 9.12. The minimum atomic E-state index is 0.0606. The van der Waals surface area contributed by atoms with Crippen molar-refractivity contribution < 1.29 is 0 Å². The molecule has 2 heteroatoms. The molecule has 0 radical (unpaired) electrons. The summed E-state index contributed by atoms with van der Waals surface area (Å²) in [6.07, 6.45) is 0. The van der Waals surface area contributed by atoms with Crippen molar-refractivity contribution in [2.75, 3.05) is 0 Å². The Morgan fingerprint density at radius 3 is 1.87 bits per heavy atom. The Bertz CT molecular complexity index is 394. The summed E-state index contributed by atoms with van der Waals surface area (Å²) in [5.74, 6) is 0. The van der Waals surface area contributed by atoms with Crippen molar-refractivity contribution in [2.24, 2.45) is 0 Å². The average molecular weight is 221 g/mol. The van der Waals surface area contributed by atoms with E-state index in [2.05, 4.69) is 53.7 Å². The number of nitriles is 1. The molecule has 0 aromatic carbocycles. The predicted molar refractivity (Wildman–Crippen MR) is 66.4 cm³/mol. The van der Waals surface area contributed by atoms with Crippen LogP contribution in [0.25, 0.3) is 0 Å². The van der Waals surface area contributed by atoms with E-state index in [-0.39, 0.29) is 10.8 Å². The molecule has 1 rings (SSSR count). The maximum atomic E-state index is 9.12. The van der Waals surface area contributed by atoms with E-state index >= 15 is 0 Å². The van der Waals surface area contributed by atoms with Crippen LogP contribution in [0.4, 0.5) is 0 Å². The zero-order valence-electron chi connectivity index (χ0n) is 10.4. The van der Waals surface area contributed by atoms with Gasteiger partial charge in [0.1, 0.15) is 10.9 Å². The summed E-state index contributed by atoms with van der Waals surface area (Å²) in [4.78, 5) is 2.16. The van der Waals surface area contributed by atoms with Crippen LogP contribution >= 0.6 is 11.3 Å². The van der Waals surface area contributed by atoms with E-state index in [1.54, 1.807) is 11.3 Å². The smallest absolute Gasteiger partial charge is 0.110 e. The average Bonchev–Trinajstić information content (AvgIpc) is 2.44. The van der Waals surface area contributed by atoms with Crippen molar-refractivity contribution in [2.45, 2.75) is 52.4 Å². The van der Waals surface area contributed by atoms with Crippen molar-refractivity contribution in [3.05, 3.63) is 21.4 Å². The summed E-state index contributed by atoms with van der Waals surface area (Å²) in [5, 5.41) is 9.12. The Balaban J connectivity index is 3.32. The van der Waals surface area contributed by atoms with Gasteiger partial charge in [-0.3, -0.25) is 0 Å². The third kappa shape index (κ3) is 2.60. The van der Waals surface area contributed by atoms with E-state index < -0.39 is 0 Å². The first kappa shape index (κ1) is 12.3. The molecule has 0 aliphatic rings. The number of nitrogens with zero attached hydrogens (tertiary/aromatic N) is 1. The van der Waals surface area contributed by atoms with Crippen molar-refractivity contribution in [3.8, 4) is 6.07 Å². The van der Waals surface area contributed by atoms with Gasteiger partial charge in [-0.25, -0.2) is 0 Å². The molecule has 0 bridgehead atoms. The second-order valence-corrected chi connectivity index (χ2v) is 7.02. The molecule has 15 heavy (non-hydrogen) atoms. The molecule has 0 spiro atoms. The number of rotatable bonds is 0. The van der Waals surface area contributed by atoms with Crippen LogP contribution in [-0.4, -0.2) is 0 Å². The SMILES string of the molecule is CC(C)(C)c1cc(C(C)(C)C)c(C#N)s1. The van der Waals surface area contributed by atoms with Gasteiger partial charge < -0.3 is 0 Å². The summed E-state index contributed by atoms with van der Waals surface area (Å²) in [6, 6.07) is 4.51. The highest BCUT2D eigenvalue weighted by Gasteiger charge is 2.25. The summed E-state index contributed by atoms with van der Waals surface area (Å²) in [5.41, 5.74) is 1.38. The summed E-state index contributed by atoms with van der Waals surface area (Å²) in [6.45, 7) is 13.0. The van der Waals surface area contributed by atoms with E-state index in [0.717, 1.165) is 4.88 Å². The lowest BCUT2D eigenvalue weighted by atomic mass is 9.85. The Hall–Kier alpha value is -0.810. The second kappa shape index (κ2) is 3.64. The number of hydrogen-bond acceptors (Lipinski definition) is 2. The van der Waals surface area contributed by atoms with E-state index in [1.807, 2.05) is 0 Å². The topological polar surface area (TPSA) is 23.8 Å². The summed E-state index contributed by atoms with van der Waals surface area (Å²) >= 11 is 1.63. The quantitative estimate of drug-likeness (QED) is 0.643. The van der Waals surface area contributed by atoms with Crippen LogP contribution in [0.2, 0.25) is 0 Å². The molecule has 0 saturated carbocycles. The van der Waals surface area contributed by atoms with Crippen molar-refractivity contribution in [1.29, 1.82) is 5.26 Å². The molecule has 0 fully saturated rings. The van der Waals surface area contributed by atoms with Crippen LogP contribution in [0, 0.1) is 11.3 Å². The van der Waals surface area contributed by atoms with Crippen molar-refractivity contribution in [1.82, 2.24) is 0 Å². The minimum Gasteiger partial charge on any atom is -0.192 e. The fourth-order valence-corrected chi connectivity index (χ4v) is 2.62. The van der Waals surface area contributed by atoms with Crippen molar-refractivity contribution >= 4 is 11.3 Å². The lowest BCUT2D eigenvalue weighted by molar-refractivity contribution is 0.580. The van der Waals surface area contributed by atoms with Gasteiger partial charge in [-0.15, -0.1) is 11.3 Å². The summed E-state index contributed by atoms with van der Waals surface area (Å²) < 4.78 is 0. The second-order valence-electron chi connectivity index (χ2n) is 5.97. The van der Waals surface area contributed by atoms with Gasteiger partial charge in [0.15, 0.2) is 0 Å². The number of hydrogen-bond donors (Lipinski definition) is 0. The highest BCUT2D eigenvalue weighted by molar-refractivity contribution is 7.12. The van der Waals surface area contributed by atoms with Gasteiger partial charge in [0.05, 0.1) is 0 Å². The van der Waals surface area contributed by atoms with E-state index in [9.17, 15) is 0 Å². The standard InChI is InChI=1S/C13H19NS/c1-12(2,3)9-7-11(13(4,5)6)15-10(9)8-14/h7H,1-6H3. The first-order valence-corrected chi connectivity index (χ1v) is 6.03. The minimum absolute atomic E-state index is 0.0606. The van der Waals surface area contributed by atoms with Gasteiger partial charge in [-0.05, 0) is 22.5 Å². The Labute approximate surface area is 96.7 Å². The van der Waals surface area contributed by atoms with Gasteiger partial charge in [-0.2, -0.15) is 5.26 Å². The van der Waals surface area contributed by atoms with Crippen LogP contribution in [0.15, 0.2) is 6.07 Å². The molecule has 0 amide bonds. The third-order valence-electron chi connectivity index (χ3n) is 2.38. The molecule has 82 valence electrons. The molecule has 0 atom stereocenters. The lowest BCUT2D eigenvalue weighted by Gasteiger charge is -2.18. The molecule has 0 N–H and O–H groups in total. The van der Waals surface area contributed by atoms with Crippen LogP contribution in [-0.2, 0) is 10.8 Å². The fraction of sp³-hybridized carbons (Fsp3) is 0.615. The molecule has 0 aliphatic heterocycles. The van der Waals surface area contributed by atoms with E-state index in [0.29, 0.717) is 0 Å². The highest BCUT2D eigenvalue weighted by atomic mass is 32.1. The zero-order chi connectivity index (χ0) is 11.9. The zero-order valence-corrected chi connectivity index (χ0v) is 11.2. The first-order valence-electron chi connectivity index (χ1n) is 5.21. The van der Waals surface area contributed by atoms with Crippen LogP contribution in [0.1, 0.15) is 56.9 Å². The molecule has 0 aliphatic carbocycles.